The second-order valence-corrected chi connectivity index (χ2v) is 6.84. The summed E-state index contributed by atoms with van der Waals surface area (Å²) in [7, 11) is 0. The summed E-state index contributed by atoms with van der Waals surface area (Å²) in [5, 5.41) is 28.6. The number of carbonyl (C=O) groups is 1. The van der Waals surface area contributed by atoms with E-state index in [0.29, 0.717) is 18.7 Å². The number of fused-ring (bicyclic) bond motifs is 1. The molecule has 1 saturated heterocycles. The van der Waals surface area contributed by atoms with Gasteiger partial charge in [-0.15, -0.1) is 5.10 Å². The Morgan fingerprint density at radius 2 is 2.11 bits per heavy atom. The number of rotatable bonds is 3. The number of hydrogen-bond acceptors (Lipinski definition) is 6. The van der Waals surface area contributed by atoms with Crippen molar-refractivity contribution in [3.05, 3.63) is 47.9 Å². The van der Waals surface area contributed by atoms with Crippen LogP contribution in [0.3, 0.4) is 0 Å². The van der Waals surface area contributed by atoms with E-state index in [0.717, 1.165) is 16.6 Å². The zero-order valence-corrected chi connectivity index (χ0v) is 15.0. The van der Waals surface area contributed by atoms with Gasteiger partial charge in [-0.3, -0.25) is 9.78 Å². The second kappa shape index (κ2) is 7.05. The number of aromatic nitrogens is 4. The predicted octanol–water partition coefficient (Wildman–Crippen LogP) is 0.939. The Morgan fingerprint density at radius 3 is 2.89 bits per heavy atom. The molecule has 4 rings (SSSR count). The second-order valence-electron chi connectivity index (χ2n) is 6.84. The van der Waals surface area contributed by atoms with Crippen molar-refractivity contribution in [2.75, 3.05) is 19.7 Å². The Kier molecular flexibility index (Phi) is 4.59. The normalized spacial score (nSPS) is 20.2. The zero-order valence-electron chi connectivity index (χ0n) is 15.0. The monoisotopic (exact) mass is 367 g/mol. The highest BCUT2D eigenvalue weighted by molar-refractivity contribution is 5.94. The molecule has 1 fully saturated rings. The largest absolute Gasteiger partial charge is 0.396 e. The van der Waals surface area contributed by atoms with E-state index in [4.69, 9.17) is 0 Å². The Hall–Kier alpha value is -2.84. The fourth-order valence-corrected chi connectivity index (χ4v) is 3.54. The highest BCUT2D eigenvalue weighted by Crippen LogP contribution is 2.23. The molecule has 1 aromatic carbocycles. The summed E-state index contributed by atoms with van der Waals surface area (Å²) in [6.45, 7) is 2.38. The van der Waals surface area contributed by atoms with E-state index in [9.17, 15) is 15.0 Å². The standard InChI is InChI=1S/C19H21N5O3/c1-12-17(19(27)23-9-7-14(11-25)16(26)10-23)21-22-24(12)15-6-2-4-13-5-3-8-20-18(13)15/h2-6,8,14,16,25-26H,7,9-11H2,1H3. The number of amides is 1. The summed E-state index contributed by atoms with van der Waals surface area (Å²) in [5.41, 5.74) is 2.43. The topological polar surface area (TPSA) is 104 Å². The van der Waals surface area contributed by atoms with Crippen LogP contribution in [0.25, 0.3) is 16.6 Å². The van der Waals surface area contributed by atoms with Gasteiger partial charge in [0.05, 0.1) is 23.0 Å². The first-order valence-electron chi connectivity index (χ1n) is 8.94. The summed E-state index contributed by atoms with van der Waals surface area (Å²) in [6, 6.07) is 9.62. The lowest BCUT2D eigenvalue weighted by Gasteiger charge is -2.34. The van der Waals surface area contributed by atoms with Crippen molar-refractivity contribution in [1.82, 2.24) is 24.9 Å². The lowest BCUT2D eigenvalue weighted by molar-refractivity contribution is 0.000620. The van der Waals surface area contributed by atoms with E-state index in [1.807, 2.05) is 30.3 Å². The average Bonchev–Trinajstić information content (AvgIpc) is 3.08. The van der Waals surface area contributed by atoms with Crippen LogP contribution in [0.15, 0.2) is 36.5 Å². The molecule has 2 atom stereocenters. The van der Waals surface area contributed by atoms with E-state index in [1.165, 1.54) is 0 Å². The molecule has 1 aliphatic heterocycles. The van der Waals surface area contributed by atoms with Gasteiger partial charge in [-0.25, -0.2) is 4.68 Å². The van der Waals surface area contributed by atoms with Gasteiger partial charge in [0, 0.05) is 37.2 Å². The molecule has 2 unspecified atom stereocenters. The third kappa shape index (κ3) is 3.07. The van der Waals surface area contributed by atoms with E-state index in [1.54, 1.807) is 22.7 Å². The lowest BCUT2D eigenvalue weighted by Crippen LogP contribution is -2.47. The van der Waals surface area contributed by atoms with Gasteiger partial charge in [0.1, 0.15) is 0 Å². The van der Waals surface area contributed by atoms with Crippen LogP contribution in [-0.2, 0) is 0 Å². The number of para-hydroxylation sites is 1. The maximum Gasteiger partial charge on any atom is 0.276 e. The summed E-state index contributed by atoms with van der Waals surface area (Å²) in [6.07, 6.45) is 1.55. The van der Waals surface area contributed by atoms with Crippen molar-refractivity contribution in [3.63, 3.8) is 0 Å². The quantitative estimate of drug-likeness (QED) is 0.714. The van der Waals surface area contributed by atoms with Gasteiger partial charge in [0.15, 0.2) is 5.69 Å². The minimum atomic E-state index is -0.731. The number of carbonyl (C=O) groups excluding carboxylic acids is 1. The Morgan fingerprint density at radius 1 is 1.30 bits per heavy atom. The molecule has 8 heteroatoms. The SMILES string of the molecule is Cc1c(C(=O)N2CCC(CO)C(O)C2)nnn1-c1cccc2cccnc12. The first-order chi connectivity index (χ1) is 13.1. The fraction of sp³-hybridized carbons (Fsp3) is 0.368. The van der Waals surface area contributed by atoms with E-state index in [-0.39, 0.29) is 30.7 Å². The number of pyridine rings is 1. The van der Waals surface area contributed by atoms with Gasteiger partial charge in [-0.1, -0.05) is 23.4 Å². The number of β-amino-alcohol motifs (C(OH)–C–C–N with tert-alkyl or cyclic N) is 1. The Bertz CT molecular complexity index is 981. The van der Waals surface area contributed by atoms with Crippen molar-refractivity contribution in [2.45, 2.75) is 19.4 Å². The van der Waals surface area contributed by atoms with Gasteiger partial charge in [0.2, 0.25) is 0 Å². The Labute approximate surface area is 156 Å². The number of piperidine rings is 1. The molecule has 140 valence electrons. The molecule has 1 aliphatic rings. The third-order valence-electron chi connectivity index (χ3n) is 5.18. The molecule has 1 amide bonds. The number of nitrogens with zero attached hydrogens (tertiary/aromatic N) is 5. The molecule has 8 nitrogen and oxygen atoms in total. The van der Waals surface area contributed by atoms with Crippen molar-refractivity contribution < 1.29 is 15.0 Å². The van der Waals surface area contributed by atoms with Crippen LogP contribution < -0.4 is 0 Å². The molecular formula is C19H21N5O3. The van der Waals surface area contributed by atoms with E-state index in [2.05, 4.69) is 15.3 Å². The van der Waals surface area contributed by atoms with Gasteiger partial charge in [-0.2, -0.15) is 0 Å². The molecule has 0 spiro atoms. The lowest BCUT2D eigenvalue weighted by atomic mass is 9.94. The number of aliphatic hydroxyl groups excluding tert-OH is 2. The third-order valence-corrected chi connectivity index (χ3v) is 5.18. The van der Waals surface area contributed by atoms with Gasteiger partial charge in [0.25, 0.3) is 5.91 Å². The molecule has 0 aliphatic carbocycles. The molecule has 0 bridgehead atoms. The van der Waals surface area contributed by atoms with Crippen molar-refractivity contribution in [3.8, 4) is 5.69 Å². The predicted molar refractivity (Wildman–Crippen MR) is 98.5 cm³/mol. The van der Waals surface area contributed by atoms with Crippen LogP contribution in [0.1, 0.15) is 22.6 Å². The smallest absolute Gasteiger partial charge is 0.276 e. The van der Waals surface area contributed by atoms with Crippen LogP contribution in [0, 0.1) is 12.8 Å². The van der Waals surface area contributed by atoms with Crippen molar-refractivity contribution in [2.24, 2.45) is 5.92 Å². The van der Waals surface area contributed by atoms with Gasteiger partial charge < -0.3 is 15.1 Å². The number of likely N-dealkylation sites (tertiary alicyclic amines) is 1. The average molecular weight is 367 g/mol. The number of aliphatic hydroxyl groups is 2. The number of hydrogen-bond donors (Lipinski definition) is 2. The molecule has 27 heavy (non-hydrogen) atoms. The highest BCUT2D eigenvalue weighted by Gasteiger charge is 2.32. The molecular weight excluding hydrogens is 346 g/mol. The fourth-order valence-electron chi connectivity index (χ4n) is 3.54. The molecule has 0 saturated carbocycles. The van der Waals surface area contributed by atoms with Crippen LogP contribution >= 0.6 is 0 Å². The molecule has 3 aromatic rings. The van der Waals surface area contributed by atoms with E-state index < -0.39 is 6.10 Å². The number of benzene rings is 1. The first kappa shape index (κ1) is 17.6. The van der Waals surface area contributed by atoms with Crippen LogP contribution in [0.4, 0.5) is 0 Å². The minimum absolute atomic E-state index is 0.0769. The molecule has 2 aromatic heterocycles. The molecule has 0 radical (unpaired) electrons. The summed E-state index contributed by atoms with van der Waals surface area (Å²) in [4.78, 5) is 18.9. The van der Waals surface area contributed by atoms with Crippen molar-refractivity contribution in [1.29, 1.82) is 0 Å². The van der Waals surface area contributed by atoms with Crippen LogP contribution in [0.5, 0.6) is 0 Å². The van der Waals surface area contributed by atoms with Crippen LogP contribution in [-0.4, -0.2) is 66.8 Å². The summed E-state index contributed by atoms with van der Waals surface area (Å²) in [5.74, 6) is -0.449. The summed E-state index contributed by atoms with van der Waals surface area (Å²) >= 11 is 0. The molecule has 3 heterocycles. The maximum absolute atomic E-state index is 12.9. The first-order valence-corrected chi connectivity index (χ1v) is 8.94. The van der Waals surface area contributed by atoms with Gasteiger partial charge in [-0.05, 0) is 25.5 Å². The summed E-state index contributed by atoms with van der Waals surface area (Å²) < 4.78 is 1.62. The highest BCUT2D eigenvalue weighted by atomic mass is 16.3. The minimum Gasteiger partial charge on any atom is -0.396 e. The van der Waals surface area contributed by atoms with Gasteiger partial charge >= 0.3 is 0 Å². The van der Waals surface area contributed by atoms with Crippen molar-refractivity contribution >= 4 is 16.8 Å². The molecule has 2 N–H and O–H groups in total. The van der Waals surface area contributed by atoms with Crippen LogP contribution in [0.2, 0.25) is 0 Å². The zero-order chi connectivity index (χ0) is 19.0. The maximum atomic E-state index is 12.9. The Balaban J connectivity index is 1.65. The van der Waals surface area contributed by atoms with E-state index >= 15 is 0 Å².